The SMILES string of the molecule is COC(=O)[C@H]1C(=O)NC(SCC(=O)Nc2ccccc2Cl)=C(C#N)[C@@H]1c1ccc(C)cc1. The lowest BCUT2D eigenvalue weighted by Crippen LogP contribution is -2.44. The molecule has 0 saturated carbocycles. The highest BCUT2D eigenvalue weighted by molar-refractivity contribution is 8.03. The van der Waals surface area contributed by atoms with Crippen molar-refractivity contribution in [2.45, 2.75) is 12.8 Å². The molecule has 0 fully saturated rings. The van der Waals surface area contributed by atoms with Crippen LogP contribution in [0.3, 0.4) is 0 Å². The topological polar surface area (TPSA) is 108 Å². The monoisotopic (exact) mass is 469 g/mol. The molecule has 1 heterocycles. The van der Waals surface area contributed by atoms with E-state index in [0.717, 1.165) is 17.3 Å². The predicted octanol–water partition coefficient (Wildman–Crippen LogP) is 3.76. The van der Waals surface area contributed by atoms with Gasteiger partial charge in [0.25, 0.3) is 0 Å². The first kappa shape index (κ1) is 23.4. The largest absolute Gasteiger partial charge is 0.468 e. The van der Waals surface area contributed by atoms with Gasteiger partial charge < -0.3 is 15.4 Å². The molecule has 164 valence electrons. The summed E-state index contributed by atoms with van der Waals surface area (Å²) >= 11 is 7.07. The highest BCUT2D eigenvalue weighted by Crippen LogP contribution is 2.40. The van der Waals surface area contributed by atoms with Crippen molar-refractivity contribution in [3.05, 3.63) is 75.3 Å². The molecule has 0 spiro atoms. The molecule has 2 aromatic rings. The Morgan fingerprint density at radius 3 is 2.53 bits per heavy atom. The number of aryl methyl sites for hydroxylation is 1. The molecular weight excluding hydrogens is 450 g/mol. The molecule has 2 aromatic carbocycles. The Morgan fingerprint density at radius 2 is 1.91 bits per heavy atom. The van der Waals surface area contributed by atoms with Crippen LogP contribution in [0.15, 0.2) is 59.1 Å². The second-order valence-electron chi connectivity index (χ2n) is 7.05. The lowest BCUT2D eigenvalue weighted by atomic mass is 9.78. The number of nitriles is 1. The molecule has 0 saturated heterocycles. The Labute approximate surface area is 194 Å². The van der Waals surface area contributed by atoms with E-state index < -0.39 is 23.7 Å². The molecule has 0 unspecified atom stereocenters. The van der Waals surface area contributed by atoms with Crippen molar-refractivity contribution in [3.63, 3.8) is 0 Å². The lowest BCUT2D eigenvalue weighted by Gasteiger charge is -2.31. The molecule has 1 aliphatic rings. The van der Waals surface area contributed by atoms with Crippen LogP contribution in [0.4, 0.5) is 5.69 Å². The fraction of sp³-hybridized carbons (Fsp3) is 0.217. The lowest BCUT2D eigenvalue weighted by molar-refractivity contribution is -0.150. The number of amides is 2. The Bertz CT molecular complexity index is 1120. The van der Waals surface area contributed by atoms with E-state index in [1.165, 1.54) is 7.11 Å². The maximum absolute atomic E-state index is 12.8. The second-order valence-corrected chi connectivity index (χ2v) is 8.44. The molecule has 7 nitrogen and oxygen atoms in total. The van der Waals surface area contributed by atoms with E-state index in [4.69, 9.17) is 16.3 Å². The number of hydrogen-bond donors (Lipinski definition) is 2. The molecule has 0 aliphatic carbocycles. The first-order valence-corrected chi connectivity index (χ1v) is 11.0. The highest BCUT2D eigenvalue weighted by atomic mass is 35.5. The molecular formula is C23H20ClN3O4S. The zero-order valence-corrected chi connectivity index (χ0v) is 18.9. The van der Waals surface area contributed by atoms with E-state index in [2.05, 4.69) is 16.7 Å². The fourth-order valence-electron chi connectivity index (χ4n) is 3.34. The van der Waals surface area contributed by atoms with Crippen LogP contribution in [-0.2, 0) is 19.1 Å². The molecule has 0 radical (unpaired) electrons. The highest BCUT2D eigenvalue weighted by Gasteiger charge is 2.44. The van der Waals surface area contributed by atoms with Crippen molar-refractivity contribution in [2.75, 3.05) is 18.2 Å². The minimum absolute atomic E-state index is 0.0739. The summed E-state index contributed by atoms with van der Waals surface area (Å²) in [7, 11) is 1.20. The number of carbonyl (C=O) groups is 3. The molecule has 0 aromatic heterocycles. The number of thioether (sulfide) groups is 1. The van der Waals surface area contributed by atoms with Gasteiger partial charge in [0.2, 0.25) is 11.8 Å². The van der Waals surface area contributed by atoms with Gasteiger partial charge in [-0.3, -0.25) is 14.4 Å². The van der Waals surface area contributed by atoms with Crippen molar-refractivity contribution < 1.29 is 19.1 Å². The molecule has 1 aliphatic heterocycles. The van der Waals surface area contributed by atoms with Gasteiger partial charge in [-0.25, -0.2) is 0 Å². The Morgan fingerprint density at radius 1 is 1.22 bits per heavy atom. The quantitative estimate of drug-likeness (QED) is 0.492. The van der Waals surface area contributed by atoms with Crippen LogP contribution in [0.5, 0.6) is 0 Å². The average molecular weight is 470 g/mol. The van der Waals surface area contributed by atoms with Gasteiger partial charge in [-0.15, -0.1) is 0 Å². The fourth-order valence-corrected chi connectivity index (χ4v) is 4.37. The summed E-state index contributed by atoms with van der Waals surface area (Å²) in [4.78, 5) is 37.6. The standard InChI is InChI=1S/C23H20ClN3O4S/c1-13-7-9-14(10-8-13)19-15(11-25)22(27-21(29)20(19)23(30)31-2)32-12-18(28)26-17-6-4-3-5-16(17)24/h3-10,19-20H,12H2,1-2H3,(H,26,28)(H,27,29)/t19-,20+/m0/s1. The third-order valence-corrected chi connectivity index (χ3v) is 6.26. The number of ether oxygens (including phenoxy) is 1. The summed E-state index contributed by atoms with van der Waals surface area (Å²) in [5.74, 6) is -3.79. The van der Waals surface area contributed by atoms with Crippen molar-refractivity contribution in [2.24, 2.45) is 5.92 Å². The third-order valence-electron chi connectivity index (χ3n) is 4.92. The van der Waals surface area contributed by atoms with Crippen LogP contribution in [-0.4, -0.2) is 30.6 Å². The van der Waals surface area contributed by atoms with Crippen molar-refractivity contribution in [1.29, 1.82) is 5.26 Å². The number of esters is 1. The summed E-state index contributed by atoms with van der Waals surface area (Å²) in [6.45, 7) is 1.91. The van der Waals surface area contributed by atoms with Gasteiger partial charge in [-0.1, -0.05) is 65.3 Å². The number of allylic oxidation sites excluding steroid dienone is 1. The Hall–Kier alpha value is -3.28. The number of halogens is 1. The minimum Gasteiger partial charge on any atom is -0.468 e. The van der Waals surface area contributed by atoms with Crippen LogP contribution >= 0.6 is 23.4 Å². The van der Waals surface area contributed by atoms with Gasteiger partial charge in [-0.2, -0.15) is 5.26 Å². The zero-order valence-electron chi connectivity index (χ0n) is 17.3. The van der Waals surface area contributed by atoms with E-state index in [0.29, 0.717) is 16.3 Å². The molecule has 2 N–H and O–H groups in total. The third kappa shape index (κ3) is 5.13. The first-order valence-electron chi connectivity index (χ1n) is 9.62. The van der Waals surface area contributed by atoms with E-state index in [1.807, 2.05) is 19.1 Å². The summed E-state index contributed by atoms with van der Waals surface area (Å²) in [5, 5.41) is 15.8. The maximum Gasteiger partial charge on any atom is 0.319 e. The summed E-state index contributed by atoms with van der Waals surface area (Å²) in [5.41, 5.74) is 2.29. The summed E-state index contributed by atoms with van der Waals surface area (Å²) < 4.78 is 4.82. The number of methoxy groups -OCH3 is 1. The molecule has 2 atom stereocenters. The van der Waals surface area contributed by atoms with Crippen LogP contribution in [0.2, 0.25) is 5.02 Å². The van der Waals surface area contributed by atoms with Crippen LogP contribution < -0.4 is 10.6 Å². The minimum atomic E-state index is -1.21. The second kappa shape index (κ2) is 10.4. The van der Waals surface area contributed by atoms with Gasteiger partial charge in [0.1, 0.15) is 5.92 Å². The maximum atomic E-state index is 12.8. The predicted molar refractivity (Wildman–Crippen MR) is 123 cm³/mol. The van der Waals surface area contributed by atoms with E-state index in [-0.39, 0.29) is 22.3 Å². The number of nitrogens with one attached hydrogen (secondary N) is 2. The number of rotatable bonds is 6. The van der Waals surface area contributed by atoms with Gasteiger partial charge in [0.05, 0.1) is 40.2 Å². The van der Waals surface area contributed by atoms with Gasteiger partial charge >= 0.3 is 5.97 Å². The summed E-state index contributed by atoms with van der Waals surface area (Å²) in [6, 6.07) is 16.2. The Kier molecular flexibility index (Phi) is 7.57. The summed E-state index contributed by atoms with van der Waals surface area (Å²) in [6.07, 6.45) is 0. The number of carbonyl (C=O) groups excluding carboxylic acids is 3. The smallest absolute Gasteiger partial charge is 0.319 e. The number of nitrogens with zero attached hydrogens (tertiary/aromatic N) is 1. The molecule has 3 rings (SSSR count). The van der Waals surface area contributed by atoms with Gasteiger partial charge in [0.15, 0.2) is 0 Å². The van der Waals surface area contributed by atoms with Crippen LogP contribution in [0.25, 0.3) is 0 Å². The number of anilines is 1. The van der Waals surface area contributed by atoms with Crippen LogP contribution in [0.1, 0.15) is 17.0 Å². The van der Waals surface area contributed by atoms with Gasteiger partial charge in [-0.05, 0) is 24.6 Å². The normalized spacial score (nSPS) is 17.9. The molecule has 9 heteroatoms. The molecule has 2 amide bonds. The average Bonchev–Trinajstić information content (AvgIpc) is 2.78. The number of para-hydroxylation sites is 1. The first-order chi connectivity index (χ1) is 15.3. The van der Waals surface area contributed by atoms with E-state index in [1.54, 1.807) is 36.4 Å². The molecule has 0 bridgehead atoms. The van der Waals surface area contributed by atoms with Crippen LogP contribution in [0, 0.1) is 24.2 Å². The zero-order chi connectivity index (χ0) is 23.3. The van der Waals surface area contributed by atoms with E-state index in [9.17, 15) is 19.6 Å². The van der Waals surface area contributed by atoms with Crippen molar-refractivity contribution in [3.8, 4) is 6.07 Å². The molecule has 32 heavy (non-hydrogen) atoms. The van der Waals surface area contributed by atoms with Gasteiger partial charge in [0, 0.05) is 5.92 Å². The van der Waals surface area contributed by atoms with Crippen molar-refractivity contribution >= 4 is 46.8 Å². The van der Waals surface area contributed by atoms with E-state index >= 15 is 0 Å². The number of hydrogen-bond acceptors (Lipinski definition) is 6. The number of benzene rings is 2. The Balaban J connectivity index is 1.89. The van der Waals surface area contributed by atoms with Crippen molar-refractivity contribution in [1.82, 2.24) is 5.32 Å².